The van der Waals surface area contributed by atoms with Gasteiger partial charge in [-0.05, 0) is 18.4 Å². The van der Waals surface area contributed by atoms with Crippen molar-refractivity contribution in [1.29, 1.82) is 0 Å². The van der Waals surface area contributed by atoms with E-state index in [9.17, 15) is 14.9 Å². The highest BCUT2D eigenvalue weighted by Crippen LogP contribution is 2.23. The standard InChI is InChI=1S/C14H19N3O3/c1-3-12(15-13-7-8-16(2)14(13)18)10-5-4-6-11(9-10)17(19)20/h4-6,9,12-13,15H,3,7-8H2,1-2H3. The maximum absolute atomic E-state index is 11.9. The molecule has 0 saturated carbocycles. The number of non-ortho nitro benzene ring substituents is 1. The van der Waals surface area contributed by atoms with Crippen molar-refractivity contribution in [3.8, 4) is 0 Å². The van der Waals surface area contributed by atoms with Gasteiger partial charge in [-0.3, -0.25) is 20.2 Å². The lowest BCUT2D eigenvalue weighted by atomic mass is 10.0. The lowest BCUT2D eigenvalue weighted by Gasteiger charge is -2.21. The minimum Gasteiger partial charge on any atom is -0.344 e. The molecular weight excluding hydrogens is 258 g/mol. The Balaban J connectivity index is 2.14. The van der Waals surface area contributed by atoms with Crippen LogP contribution in [-0.2, 0) is 4.79 Å². The van der Waals surface area contributed by atoms with Gasteiger partial charge >= 0.3 is 0 Å². The Morgan fingerprint density at radius 1 is 1.55 bits per heavy atom. The third kappa shape index (κ3) is 2.96. The Bertz CT molecular complexity index is 518. The van der Waals surface area contributed by atoms with Crippen LogP contribution in [0.1, 0.15) is 31.4 Å². The third-order valence-corrected chi connectivity index (χ3v) is 3.72. The normalized spacial score (nSPS) is 20.2. The number of hydrogen-bond donors (Lipinski definition) is 1. The van der Waals surface area contributed by atoms with Crippen LogP contribution in [0.4, 0.5) is 5.69 Å². The molecule has 1 N–H and O–H groups in total. The molecule has 0 radical (unpaired) electrons. The van der Waals surface area contributed by atoms with Crippen LogP contribution in [0.3, 0.4) is 0 Å². The number of likely N-dealkylation sites (N-methyl/N-ethyl adjacent to an activating group) is 1. The zero-order valence-corrected chi connectivity index (χ0v) is 11.7. The Hall–Kier alpha value is -1.95. The van der Waals surface area contributed by atoms with Gasteiger partial charge in [-0.25, -0.2) is 0 Å². The topological polar surface area (TPSA) is 75.5 Å². The summed E-state index contributed by atoms with van der Waals surface area (Å²) in [7, 11) is 1.79. The van der Waals surface area contributed by atoms with Gasteiger partial charge in [0, 0.05) is 31.8 Å². The molecule has 0 spiro atoms. The van der Waals surface area contributed by atoms with Crippen molar-refractivity contribution < 1.29 is 9.72 Å². The van der Waals surface area contributed by atoms with E-state index in [1.165, 1.54) is 6.07 Å². The van der Waals surface area contributed by atoms with Crippen molar-refractivity contribution in [2.45, 2.75) is 31.8 Å². The predicted octanol–water partition coefficient (Wildman–Crippen LogP) is 1.87. The molecule has 6 nitrogen and oxygen atoms in total. The van der Waals surface area contributed by atoms with E-state index in [2.05, 4.69) is 5.32 Å². The maximum Gasteiger partial charge on any atom is 0.269 e. The second-order valence-electron chi connectivity index (χ2n) is 5.08. The molecule has 108 valence electrons. The lowest BCUT2D eigenvalue weighted by molar-refractivity contribution is -0.384. The number of nitrogens with one attached hydrogen (secondary N) is 1. The number of carbonyl (C=O) groups excluding carboxylic acids is 1. The molecule has 20 heavy (non-hydrogen) atoms. The lowest BCUT2D eigenvalue weighted by Crippen LogP contribution is -2.39. The number of nitro groups is 1. The average Bonchev–Trinajstić information content (AvgIpc) is 2.76. The molecule has 2 atom stereocenters. The summed E-state index contributed by atoms with van der Waals surface area (Å²) in [4.78, 5) is 24.1. The zero-order valence-electron chi connectivity index (χ0n) is 11.7. The van der Waals surface area contributed by atoms with Crippen molar-refractivity contribution in [3.05, 3.63) is 39.9 Å². The highest BCUT2D eigenvalue weighted by molar-refractivity contribution is 5.83. The molecule has 1 heterocycles. The van der Waals surface area contributed by atoms with Crippen molar-refractivity contribution in [2.75, 3.05) is 13.6 Å². The van der Waals surface area contributed by atoms with Gasteiger partial charge in [0.25, 0.3) is 5.69 Å². The highest BCUT2D eigenvalue weighted by atomic mass is 16.6. The first kappa shape index (κ1) is 14.5. The molecule has 1 aliphatic rings. The first-order valence-electron chi connectivity index (χ1n) is 6.78. The third-order valence-electron chi connectivity index (χ3n) is 3.72. The van der Waals surface area contributed by atoms with Crippen molar-refractivity contribution in [2.24, 2.45) is 0 Å². The number of rotatable bonds is 5. The average molecular weight is 277 g/mol. The molecule has 1 fully saturated rings. The van der Waals surface area contributed by atoms with E-state index >= 15 is 0 Å². The summed E-state index contributed by atoms with van der Waals surface area (Å²) in [6, 6.07) is 6.35. The van der Waals surface area contributed by atoms with Gasteiger partial charge in [0.2, 0.25) is 5.91 Å². The van der Waals surface area contributed by atoms with E-state index in [0.29, 0.717) is 0 Å². The minimum absolute atomic E-state index is 0.0460. The Labute approximate surface area is 117 Å². The Morgan fingerprint density at radius 2 is 2.30 bits per heavy atom. The van der Waals surface area contributed by atoms with Gasteiger partial charge in [0.05, 0.1) is 11.0 Å². The van der Waals surface area contributed by atoms with Gasteiger partial charge in [0.15, 0.2) is 0 Å². The summed E-state index contributed by atoms with van der Waals surface area (Å²) in [5.41, 5.74) is 0.932. The summed E-state index contributed by atoms with van der Waals surface area (Å²) < 4.78 is 0. The van der Waals surface area contributed by atoms with Gasteiger partial charge < -0.3 is 4.90 Å². The summed E-state index contributed by atoms with van der Waals surface area (Å²) in [6.45, 7) is 2.75. The maximum atomic E-state index is 11.9. The number of benzene rings is 1. The fourth-order valence-corrected chi connectivity index (χ4v) is 2.52. The highest BCUT2D eigenvalue weighted by Gasteiger charge is 2.30. The number of amides is 1. The molecule has 0 aromatic heterocycles. The quantitative estimate of drug-likeness (QED) is 0.658. The molecule has 2 unspecified atom stereocenters. The van der Waals surface area contributed by atoms with Crippen LogP contribution in [0, 0.1) is 10.1 Å². The SMILES string of the molecule is CCC(NC1CCN(C)C1=O)c1cccc([N+](=O)[O-])c1. The Morgan fingerprint density at radius 3 is 2.85 bits per heavy atom. The van der Waals surface area contributed by atoms with Gasteiger partial charge in [-0.15, -0.1) is 0 Å². The summed E-state index contributed by atoms with van der Waals surface area (Å²) in [5.74, 6) is 0.0916. The van der Waals surface area contributed by atoms with E-state index in [1.54, 1.807) is 24.1 Å². The zero-order chi connectivity index (χ0) is 14.7. The largest absolute Gasteiger partial charge is 0.344 e. The number of nitrogens with zero attached hydrogens (tertiary/aromatic N) is 2. The molecule has 1 amide bonds. The molecule has 1 aromatic rings. The monoisotopic (exact) mass is 277 g/mol. The number of nitro benzene ring substituents is 1. The van der Waals surface area contributed by atoms with E-state index in [1.807, 2.05) is 13.0 Å². The van der Waals surface area contributed by atoms with Crippen LogP contribution in [0.5, 0.6) is 0 Å². The summed E-state index contributed by atoms with van der Waals surface area (Å²) in [6.07, 6.45) is 1.55. The molecule has 6 heteroatoms. The number of likely N-dealkylation sites (tertiary alicyclic amines) is 1. The Kier molecular flexibility index (Phi) is 4.34. The van der Waals surface area contributed by atoms with Crippen LogP contribution < -0.4 is 5.32 Å². The van der Waals surface area contributed by atoms with Crippen LogP contribution in [-0.4, -0.2) is 35.4 Å². The van der Waals surface area contributed by atoms with Crippen LogP contribution >= 0.6 is 0 Å². The first-order chi connectivity index (χ1) is 9.52. The smallest absolute Gasteiger partial charge is 0.269 e. The van der Waals surface area contributed by atoms with E-state index < -0.39 is 4.92 Å². The molecule has 1 aliphatic heterocycles. The minimum atomic E-state index is -0.398. The fourth-order valence-electron chi connectivity index (χ4n) is 2.52. The van der Waals surface area contributed by atoms with Crippen molar-refractivity contribution >= 4 is 11.6 Å². The molecule has 1 saturated heterocycles. The summed E-state index contributed by atoms with van der Waals surface area (Å²) in [5, 5.41) is 14.1. The first-order valence-corrected chi connectivity index (χ1v) is 6.78. The molecule has 1 aromatic carbocycles. The fraction of sp³-hybridized carbons (Fsp3) is 0.500. The number of hydrogen-bond acceptors (Lipinski definition) is 4. The van der Waals surface area contributed by atoms with Crippen LogP contribution in [0.25, 0.3) is 0 Å². The van der Waals surface area contributed by atoms with Crippen LogP contribution in [0.15, 0.2) is 24.3 Å². The van der Waals surface area contributed by atoms with Crippen molar-refractivity contribution in [3.63, 3.8) is 0 Å². The van der Waals surface area contributed by atoms with Crippen LogP contribution in [0.2, 0.25) is 0 Å². The van der Waals surface area contributed by atoms with E-state index in [4.69, 9.17) is 0 Å². The second-order valence-corrected chi connectivity index (χ2v) is 5.08. The predicted molar refractivity (Wildman–Crippen MR) is 75.3 cm³/mol. The van der Waals surface area contributed by atoms with E-state index in [0.717, 1.165) is 24.9 Å². The van der Waals surface area contributed by atoms with Gasteiger partial charge in [-0.1, -0.05) is 19.1 Å². The number of carbonyl (C=O) groups is 1. The van der Waals surface area contributed by atoms with Gasteiger partial charge in [-0.2, -0.15) is 0 Å². The molecule has 0 bridgehead atoms. The van der Waals surface area contributed by atoms with E-state index in [-0.39, 0.29) is 23.7 Å². The molecular formula is C14H19N3O3. The molecule has 2 rings (SSSR count). The molecule has 0 aliphatic carbocycles. The second kappa shape index (κ2) is 6.00. The summed E-state index contributed by atoms with van der Waals surface area (Å²) >= 11 is 0. The van der Waals surface area contributed by atoms with Crippen molar-refractivity contribution in [1.82, 2.24) is 10.2 Å². The van der Waals surface area contributed by atoms with Gasteiger partial charge in [0.1, 0.15) is 0 Å².